The van der Waals surface area contributed by atoms with Crippen molar-refractivity contribution in [1.29, 1.82) is 0 Å². The second-order valence-corrected chi connectivity index (χ2v) is 8.20. The highest BCUT2D eigenvalue weighted by Gasteiger charge is 2.20. The summed E-state index contributed by atoms with van der Waals surface area (Å²) in [5.41, 5.74) is 4.45. The van der Waals surface area contributed by atoms with E-state index in [2.05, 4.69) is 33.7 Å². The maximum absolute atomic E-state index is 13.0. The normalized spacial score (nSPS) is 12.1. The molecule has 1 atom stereocenters. The number of aromatic nitrogens is 3. The first-order valence-corrected chi connectivity index (χ1v) is 10.3. The Morgan fingerprint density at radius 3 is 2.66 bits per heavy atom. The summed E-state index contributed by atoms with van der Waals surface area (Å²) in [4.78, 5) is 28.6. The first-order valence-electron chi connectivity index (χ1n) is 9.42. The smallest absolute Gasteiger partial charge is 0.255 e. The summed E-state index contributed by atoms with van der Waals surface area (Å²) < 4.78 is 0. The van der Waals surface area contributed by atoms with Crippen molar-refractivity contribution in [3.05, 3.63) is 64.8 Å². The zero-order chi connectivity index (χ0) is 20.5. The summed E-state index contributed by atoms with van der Waals surface area (Å²) in [5, 5.41) is 5.13. The number of nitrogens with one attached hydrogen (secondary N) is 2. The van der Waals surface area contributed by atoms with Gasteiger partial charge < -0.3 is 15.2 Å². The Balaban J connectivity index is 1.60. The van der Waals surface area contributed by atoms with Gasteiger partial charge in [0.2, 0.25) is 0 Å². The van der Waals surface area contributed by atoms with Crippen LogP contribution in [0.5, 0.6) is 0 Å². The van der Waals surface area contributed by atoms with E-state index < -0.39 is 0 Å². The molecule has 0 fully saturated rings. The molecule has 0 aliphatic carbocycles. The van der Waals surface area contributed by atoms with Crippen LogP contribution in [0.2, 0.25) is 0 Å². The van der Waals surface area contributed by atoms with Gasteiger partial charge in [-0.15, -0.1) is 11.3 Å². The first kappa shape index (κ1) is 19.1. The average molecular weight is 406 g/mol. The number of carbonyl (C=O) groups is 1. The Hall–Kier alpha value is -3.19. The molecule has 1 aromatic carbocycles. The number of aromatic amines is 1. The molecule has 0 saturated carbocycles. The van der Waals surface area contributed by atoms with Crippen LogP contribution in [-0.2, 0) is 0 Å². The number of carbonyl (C=O) groups excluding carboxylic acids is 1. The number of hydrogen-bond acceptors (Lipinski definition) is 5. The van der Waals surface area contributed by atoms with E-state index in [1.807, 2.05) is 62.3 Å². The molecule has 0 radical (unpaired) electrons. The number of fused-ring (bicyclic) bond motifs is 1. The summed E-state index contributed by atoms with van der Waals surface area (Å²) in [7, 11) is 3.79. The Labute approximate surface area is 173 Å². The Bertz CT molecular complexity index is 1140. The summed E-state index contributed by atoms with van der Waals surface area (Å²) in [6.45, 7) is 3.98. The van der Waals surface area contributed by atoms with Gasteiger partial charge in [-0.1, -0.05) is 12.1 Å². The fourth-order valence-corrected chi connectivity index (χ4v) is 4.06. The predicted octanol–water partition coefficient (Wildman–Crippen LogP) is 4.55. The zero-order valence-electron chi connectivity index (χ0n) is 16.9. The number of thiophene rings is 1. The molecule has 6 nitrogen and oxygen atoms in total. The minimum absolute atomic E-state index is 0.178. The Kier molecular flexibility index (Phi) is 5.07. The van der Waals surface area contributed by atoms with Gasteiger partial charge in [0.15, 0.2) is 0 Å². The van der Waals surface area contributed by atoms with E-state index in [4.69, 9.17) is 4.98 Å². The van der Waals surface area contributed by atoms with Crippen LogP contribution in [0.1, 0.15) is 34.7 Å². The van der Waals surface area contributed by atoms with Gasteiger partial charge >= 0.3 is 0 Å². The molecule has 4 aromatic rings. The zero-order valence-corrected chi connectivity index (χ0v) is 17.7. The minimum atomic E-state index is -0.260. The topological polar surface area (TPSA) is 73.9 Å². The molecule has 29 heavy (non-hydrogen) atoms. The van der Waals surface area contributed by atoms with E-state index in [9.17, 15) is 4.79 Å². The highest BCUT2D eigenvalue weighted by atomic mass is 32.1. The molecule has 0 bridgehead atoms. The molecule has 0 saturated heterocycles. The van der Waals surface area contributed by atoms with Crippen LogP contribution < -0.4 is 10.2 Å². The Morgan fingerprint density at radius 2 is 1.97 bits per heavy atom. The quantitative estimate of drug-likeness (QED) is 0.511. The Morgan fingerprint density at radius 1 is 1.17 bits per heavy atom. The second kappa shape index (κ2) is 7.67. The maximum atomic E-state index is 13.0. The molecule has 0 aliphatic rings. The van der Waals surface area contributed by atoms with E-state index >= 15 is 0 Å². The van der Waals surface area contributed by atoms with E-state index in [-0.39, 0.29) is 11.9 Å². The van der Waals surface area contributed by atoms with Crippen molar-refractivity contribution in [2.75, 3.05) is 19.0 Å². The van der Waals surface area contributed by atoms with E-state index in [0.29, 0.717) is 11.4 Å². The van der Waals surface area contributed by atoms with Gasteiger partial charge in [0.1, 0.15) is 11.6 Å². The van der Waals surface area contributed by atoms with Crippen molar-refractivity contribution in [2.24, 2.45) is 0 Å². The number of benzene rings is 1. The van der Waals surface area contributed by atoms with Crippen molar-refractivity contribution in [3.63, 3.8) is 0 Å². The molecule has 1 amide bonds. The molecule has 0 spiro atoms. The number of pyridine rings is 1. The molecule has 3 aromatic heterocycles. The summed E-state index contributed by atoms with van der Waals surface area (Å²) in [6, 6.07) is 13.4. The third kappa shape index (κ3) is 3.86. The summed E-state index contributed by atoms with van der Waals surface area (Å²) >= 11 is 1.65. The van der Waals surface area contributed by atoms with Gasteiger partial charge in [-0.2, -0.15) is 0 Å². The van der Waals surface area contributed by atoms with Crippen molar-refractivity contribution >= 4 is 34.1 Å². The number of nitrogens with zero attached hydrogens (tertiary/aromatic N) is 3. The monoisotopic (exact) mass is 405 g/mol. The van der Waals surface area contributed by atoms with E-state index in [1.54, 1.807) is 11.3 Å². The lowest BCUT2D eigenvalue weighted by Crippen LogP contribution is -2.29. The lowest BCUT2D eigenvalue weighted by Gasteiger charge is -2.18. The lowest BCUT2D eigenvalue weighted by atomic mass is 10.1. The molecule has 148 valence electrons. The fraction of sp³-hybridized carbons (Fsp3) is 0.227. The first-order chi connectivity index (χ1) is 13.9. The number of imidazole rings is 1. The molecular weight excluding hydrogens is 382 g/mol. The standard InChI is InChI=1S/C22H23N5OS/c1-13-11-19(29-12-13)18-10-9-15(21(26-18)27(3)4)22(28)23-14(2)20-24-16-7-5-6-8-17(16)25-20/h5-12,14H,1-4H3,(H,23,28)(H,24,25)/t14-/m0/s1. The largest absolute Gasteiger partial charge is 0.362 e. The number of aryl methyl sites for hydroxylation is 1. The summed E-state index contributed by atoms with van der Waals surface area (Å²) in [6.07, 6.45) is 0. The molecule has 2 N–H and O–H groups in total. The van der Waals surface area contributed by atoms with Crippen molar-refractivity contribution in [2.45, 2.75) is 19.9 Å². The number of amides is 1. The van der Waals surface area contributed by atoms with Gasteiger partial charge in [0.05, 0.1) is 33.2 Å². The number of para-hydroxylation sites is 2. The number of rotatable bonds is 5. The van der Waals surface area contributed by atoms with Crippen molar-refractivity contribution < 1.29 is 4.79 Å². The van der Waals surface area contributed by atoms with E-state index in [1.165, 1.54) is 5.56 Å². The fourth-order valence-electron chi connectivity index (χ4n) is 3.19. The SMILES string of the molecule is Cc1csc(-c2ccc(C(=O)N[C@@H](C)c3nc4ccccc4[nH]3)c(N(C)C)n2)c1. The third-order valence-corrected chi connectivity index (χ3v) is 5.76. The van der Waals surface area contributed by atoms with Crippen molar-refractivity contribution in [1.82, 2.24) is 20.3 Å². The van der Waals surface area contributed by atoms with Crippen molar-refractivity contribution in [3.8, 4) is 10.6 Å². The maximum Gasteiger partial charge on any atom is 0.255 e. The molecular formula is C22H23N5OS. The van der Waals surface area contributed by atoms with Gasteiger partial charge in [-0.3, -0.25) is 4.79 Å². The molecule has 0 unspecified atom stereocenters. The van der Waals surface area contributed by atoms with Gasteiger partial charge in [-0.05, 0) is 55.1 Å². The third-order valence-electron chi connectivity index (χ3n) is 4.69. The van der Waals surface area contributed by atoms with Crippen LogP contribution in [0.25, 0.3) is 21.6 Å². The van der Waals surface area contributed by atoms with Crippen LogP contribution in [0.4, 0.5) is 5.82 Å². The summed E-state index contributed by atoms with van der Waals surface area (Å²) in [5.74, 6) is 1.19. The predicted molar refractivity (Wildman–Crippen MR) is 119 cm³/mol. The van der Waals surface area contributed by atoms with E-state index in [0.717, 1.165) is 27.4 Å². The van der Waals surface area contributed by atoms with Crippen LogP contribution in [-0.4, -0.2) is 35.0 Å². The van der Waals surface area contributed by atoms with Gasteiger partial charge in [0.25, 0.3) is 5.91 Å². The number of H-pyrrole nitrogens is 1. The average Bonchev–Trinajstić information content (AvgIpc) is 3.33. The lowest BCUT2D eigenvalue weighted by molar-refractivity contribution is 0.0938. The van der Waals surface area contributed by atoms with Crippen LogP contribution in [0.3, 0.4) is 0 Å². The van der Waals surface area contributed by atoms with Crippen LogP contribution >= 0.6 is 11.3 Å². The number of hydrogen-bond donors (Lipinski definition) is 2. The highest BCUT2D eigenvalue weighted by molar-refractivity contribution is 7.13. The van der Waals surface area contributed by atoms with Crippen LogP contribution in [0.15, 0.2) is 47.8 Å². The second-order valence-electron chi connectivity index (χ2n) is 7.28. The minimum Gasteiger partial charge on any atom is -0.362 e. The molecule has 0 aliphatic heterocycles. The number of anilines is 1. The molecule has 3 heterocycles. The highest BCUT2D eigenvalue weighted by Crippen LogP contribution is 2.28. The molecule has 7 heteroatoms. The molecule has 4 rings (SSSR count). The van der Waals surface area contributed by atoms with Gasteiger partial charge in [-0.25, -0.2) is 9.97 Å². The van der Waals surface area contributed by atoms with Crippen LogP contribution in [0, 0.1) is 6.92 Å². The van der Waals surface area contributed by atoms with Gasteiger partial charge in [0, 0.05) is 14.1 Å².